The van der Waals surface area contributed by atoms with Gasteiger partial charge in [0.25, 0.3) is 11.8 Å². The number of hydrogen-bond acceptors (Lipinski definition) is 5. The molecule has 2 heterocycles. The Morgan fingerprint density at radius 3 is 2.40 bits per heavy atom. The Kier molecular flexibility index (Phi) is 5.29. The topological polar surface area (TPSA) is 102 Å². The number of carbonyl (C=O) groups is 2. The van der Waals surface area contributed by atoms with Crippen LogP contribution in [0.25, 0.3) is 5.82 Å². The predicted octanol–water partition coefficient (Wildman–Crippen LogP) is 3.48. The summed E-state index contributed by atoms with van der Waals surface area (Å²) >= 11 is 0. The summed E-state index contributed by atoms with van der Waals surface area (Å²) < 4.78 is 1.47. The van der Waals surface area contributed by atoms with Crippen molar-refractivity contribution < 1.29 is 9.59 Å². The van der Waals surface area contributed by atoms with E-state index in [4.69, 9.17) is 0 Å². The van der Waals surface area contributed by atoms with E-state index in [-0.39, 0.29) is 11.8 Å². The fourth-order valence-corrected chi connectivity index (χ4v) is 2.87. The van der Waals surface area contributed by atoms with Crippen LogP contribution >= 0.6 is 0 Å². The van der Waals surface area contributed by atoms with E-state index < -0.39 is 0 Å². The van der Waals surface area contributed by atoms with Gasteiger partial charge in [-0.2, -0.15) is 5.10 Å². The summed E-state index contributed by atoms with van der Waals surface area (Å²) in [5, 5.41) is 9.77. The highest BCUT2D eigenvalue weighted by Crippen LogP contribution is 2.21. The van der Waals surface area contributed by atoms with Gasteiger partial charge in [0.1, 0.15) is 12.7 Å². The van der Waals surface area contributed by atoms with Gasteiger partial charge in [0.05, 0.1) is 5.69 Å². The number of amides is 2. The predicted molar refractivity (Wildman–Crippen MR) is 113 cm³/mol. The lowest BCUT2D eigenvalue weighted by Crippen LogP contribution is -2.16. The van der Waals surface area contributed by atoms with Gasteiger partial charge in [-0.15, -0.1) is 0 Å². The summed E-state index contributed by atoms with van der Waals surface area (Å²) in [6.07, 6.45) is 4.50. The molecule has 0 saturated heterocycles. The molecule has 0 atom stereocenters. The highest BCUT2D eigenvalue weighted by Gasteiger charge is 2.14. The van der Waals surface area contributed by atoms with Gasteiger partial charge in [0.2, 0.25) is 0 Å². The van der Waals surface area contributed by atoms with E-state index in [1.54, 1.807) is 60.8 Å². The number of nitrogens with one attached hydrogen (secondary N) is 2. The maximum Gasteiger partial charge on any atom is 0.255 e. The Morgan fingerprint density at radius 2 is 1.63 bits per heavy atom. The van der Waals surface area contributed by atoms with Gasteiger partial charge < -0.3 is 10.6 Å². The summed E-state index contributed by atoms with van der Waals surface area (Å²) in [6, 6.07) is 17.5. The number of anilines is 2. The van der Waals surface area contributed by atoms with Crippen molar-refractivity contribution >= 4 is 23.2 Å². The highest BCUT2D eigenvalue weighted by molar-refractivity contribution is 6.08. The van der Waals surface area contributed by atoms with Gasteiger partial charge in [0, 0.05) is 23.0 Å². The fourth-order valence-electron chi connectivity index (χ4n) is 2.87. The number of rotatable bonds is 5. The summed E-state index contributed by atoms with van der Waals surface area (Å²) in [5.41, 5.74) is 2.85. The number of hydrogen-bond donors (Lipinski definition) is 2. The quantitative estimate of drug-likeness (QED) is 0.536. The number of nitrogens with zero attached hydrogens (tertiary/aromatic N) is 4. The smallest absolute Gasteiger partial charge is 0.255 e. The Hall–Kier alpha value is -4.33. The molecule has 2 amide bonds. The molecule has 0 spiro atoms. The van der Waals surface area contributed by atoms with Crippen molar-refractivity contribution in [1.29, 1.82) is 0 Å². The zero-order valence-corrected chi connectivity index (χ0v) is 16.1. The van der Waals surface area contributed by atoms with E-state index in [9.17, 15) is 9.59 Å². The average molecular weight is 398 g/mol. The molecule has 0 aliphatic heterocycles. The third-order valence-electron chi connectivity index (χ3n) is 4.45. The molecule has 4 rings (SSSR count). The van der Waals surface area contributed by atoms with Crippen LogP contribution in [0, 0.1) is 6.92 Å². The van der Waals surface area contributed by atoms with Gasteiger partial charge in [-0.25, -0.2) is 14.6 Å². The van der Waals surface area contributed by atoms with Crippen molar-refractivity contribution in [2.75, 3.05) is 10.6 Å². The maximum atomic E-state index is 12.9. The lowest BCUT2D eigenvalue weighted by atomic mass is 10.1. The molecule has 2 aromatic heterocycles. The second kappa shape index (κ2) is 8.36. The van der Waals surface area contributed by atoms with Crippen molar-refractivity contribution in [3.05, 3.63) is 96.2 Å². The maximum absolute atomic E-state index is 12.9. The first-order chi connectivity index (χ1) is 14.6. The molecule has 0 unspecified atom stereocenters. The summed E-state index contributed by atoms with van der Waals surface area (Å²) in [7, 11) is 0. The molecule has 0 aliphatic carbocycles. The highest BCUT2D eigenvalue weighted by atomic mass is 16.2. The van der Waals surface area contributed by atoms with Gasteiger partial charge in [-0.1, -0.05) is 24.3 Å². The first-order valence-electron chi connectivity index (χ1n) is 9.20. The Labute approximate surface area is 172 Å². The molecule has 2 aromatic carbocycles. The minimum atomic E-state index is -0.334. The molecule has 148 valence electrons. The first-order valence-corrected chi connectivity index (χ1v) is 9.20. The second-order valence-corrected chi connectivity index (χ2v) is 6.52. The Bertz CT molecular complexity index is 1190. The molecule has 0 saturated carbocycles. The monoisotopic (exact) mass is 398 g/mol. The molecule has 8 heteroatoms. The standard InChI is InChI=1S/C22H18N6O2/c1-15-9-10-17(12-19(15)27-21(29)16-6-3-2-4-7-16)22(30)26-18-8-5-11-24-20(18)28-14-23-13-25-28/h2-14H,1H3,(H,26,30)(H,27,29). The average Bonchev–Trinajstić information content (AvgIpc) is 3.31. The van der Waals surface area contributed by atoms with E-state index in [1.807, 2.05) is 13.0 Å². The molecule has 0 aliphatic rings. The van der Waals surface area contributed by atoms with Gasteiger partial charge in [-0.05, 0) is 48.9 Å². The molecule has 0 fully saturated rings. The van der Waals surface area contributed by atoms with Crippen LogP contribution in [0.2, 0.25) is 0 Å². The van der Waals surface area contributed by atoms with Crippen molar-refractivity contribution in [3.8, 4) is 5.82 Å². The number of aryl methyl sites for hydroxylation is 1. The van der Waals surface area contributed by atoms with Crippen molar-refractivity contribution in [3.63, 3.8) is 0 Å². The van der Waals surface area contributed by atoms with E-state index >= 15 is 0 Å². The molecular formula is C22H18N6O2. The van der Waals surface area contributed by atoms with Crippen molar-refractivity contribution in [2.24, 2.45) is 0 Å². The molecule has 30 heavy (non-hydrogen) atoms. The van der Waals surface area contributed by atoms with Gasteiger partial charge in [0.15, 0.2) is 5.82 Å². The zero-order valence-electron chi connectivity index (χ0n) is 16.1. The number of benzene rings is 2. The van der Waals surface area contributed by atoms with E-state index in [0.29, 0.717) is 28.3 Å². The van der Waals surface area contributed by atoms with Crippen molar-refractivity contribution in [1.82, 2.24) is 19.7 Å². The molecule has 0 bridgehead atoms. The zero-order chi connectivity index (χ0) is 20.9. The van der Waals surface area contributed by atoms with E-state index in [1.165, 1.54) is 17.3 Å². The van der Waals surface area contributed by atoms with Crippen LogP contribution in [-0.2, 0) is 0 Å². The number of carbonyl (C=O) groups excluding carboxylic acids is 2. The SMILES string of the molecule is Cc1ccc(C(=O)Nc2cccnc2-n2cncn2)cc1NC(=O)c1ccccc1. The largest absolute Gasteiger partial charge is 0.322 e. The third-order valence-corrected chi connectivity index (χ3v) is 4.45. The van der Waals surface area contributed by atoms with Crippen LogP contribution < -0.4 is 10.6 Å². The van der Waals surface area contributed by atoms with E-state index in [0.717, 1.165) is 5.56 Å². The van der Waals surface area contributed by atoms with Crippen LogP contribution in [0.3, 0.4) is 0 Å². The molecule has 4 aromatic rings. The van der Waals surface area contributed by atoms with Crippen LogP contribution in [0.4, 0.5) is 11.4 Å². The number of pyridine rings is 1. The van der Waals surface area contributed by atoms with Crippen LogP contribution in [-0.4, -0.2) is 31.6 Å². The third kappa shape index (κ3) is 4.07. The fraction of sp³-hybridized carbons (Fsp3) is 0.0455. The van der Waals surface area contributed by atoms with E-state index in [2.05, 4.69) is 25.7 Å². The number of aromatic nitrogens is 4. The molecular weight excluding hydrogens is 380 g/mol. The lowest BCUT2D eigenvalue weighted by molar-refractivity contribution is 0.101. The summed E-state index contributed by atoms with van der Waals surface area (Å²) in [6.45, 7) is 1.87. The van der Waals surface area contributed by atoms with Crippen LogP contribution in [0.15, 0.2) is 79.5 Å². The molecule has 8 nitrogen and oxygen atoms in total. The Balaban J connectivity index is 1.56. The molecule has 2 N–H and O–H groups in total. The van der Waals surface area contributed by atoms with Crippen LogP contribution in [0.1, 0.15) is 26.3 Å². The minimum absolute atomic E-state index is 0.239. The van der Waals surface area contributed by atoms with Crippen LogP contribution in [0.5, 0.6) is 0 Å². The lowest BCUT2D eigenvalue weighted by Gasteiger charge is -2.12. The van der Waals surface area contributed by atoms with Crippen molar-refractivity contribution in [2.45, 2.75) is 6.92 Å². The molecule has 0 radical (unpaired) electrons. The van der Waals surface area contributed by atoms with Gasteiger partial charge >= 0.3 is 0 Å². The summed E-state index contributed by atoms with van der Waals surface area (Å²) in [4.78, 5) is 33.5. The summed E-state index contributed by atoms with van der Waals surface area (Å²) in [5.74, 6) is -0.121. The van der Waals surface area contributed by atoms with Gasteiger partial charge in [-0.3, -0.25) is 9.59 Å². The second-order valence-electron chi connectivity index (χ2n) is 6.52. The Morgan fingerprint density at radius 1 is 0.867 bits per heavy atom. The first kappa shape index (κ1) is 19.0. The normalized spacial score (nSPS) is 10.4. The minimum Gasteiger partial charge on any atom is -0.322 e.